The van der Waals surface area contributed by atoms with Crippen LogP contribution in [0.2, 0.25) is 0 Å². The van der Waals surface area contributed by atoms with Crippen LogP contribution in [0.25, 0.3) is 10.8 Å². The van der Waals surface area contributed by atoms with Gasteiger partial charge in [-0.3, -0.25) is 14.3 Å². The quantitative estimate of drug-likeness (QED) is 0.710. The van der Waals surface area contributed by atoms with Crippen molar-refractivity contribution in [2.45, 2.75) is 36.4 Å². The number of H-pyrrole nitrogens is 1. The van der Waals surface area contributed by atoms with E-state index in [9.17, 15) is 9.59 Å². The van der Waals surface area contributed by atoms with Gasteiger partial charge in [0.2, 0.25) is 0 Å². The SMILES string of the molecule is COCn1c(Sc2ccc3ccccc3c2)c(C(C)C)c(=O)[nH]c1=O. The van der Waals surface area contributed by atoms with Gasteiger partial charge < -0.3 is 4.74 Å². The summed E-state index contributed by atoms with van der Waals surface area (Å²) in [5.41, 5.74) is -0.204. The molecule has 0 aliphatic rings. The standard InChI is InChI=1S/C19H20N2O3S/c1-12(2)16-17(22)20-19(23)21(11-24-3)18(16)25-15-9-8-13-6-4-5-7-14(13)10-15/h4-10,12H,11H2,1-3H3,(H,20,22,23). The van der Waals surface area contributed by atoms with E-state index in [2.05, 4.69) is 17.1 Å². The van der Waals surface area contributed by atoms with Gasteiger partial charge in [0.25, 0.3) is 5.56 Å². The van der Waals surface area contributed by atoms with Gasteiger partial charge in [-0.1, -0.05) is 55.9 Å². The molecule has 0 aliphatic heterocycles. The van der Waals surface area contributed by atoms with Crippen molar-refractivity contribution in [3.05, 3.63) is 68.9 Å². The number of nitrogens with zero attached hydrogens (tertiary/aromatic N) is 1. The molecule has 0 radical (unpaired) electrons. The molecule has 1 heterocycles. The molecule has 1 aromatic heterocycles. The van der Waals surface area contributed by atoms with E-state index in [0.29, 0.717) is 10.6 Å². The first-order valence-corrected chi connectivity index (χ1v) is 8.85. The number of benzene rings is 2. The summed E-state index contributed by atoms with van der Waals surface area (Å²) in [4.78, 5) is 27.9. The molecule has 0 bridgehead atoms. The van der Waals surface area contributed by atoms with E-state index in [-0.39, 0.29) is 18.2 Å². The number of aromatic nitrogens is 2. The van der Waals surface area contributed by atoms with Gasteiger partial charge in [-0.05, 0) is 28.8 Å². The second-order valence-electron chi connectivity index (χ2n) is 6.09. The summed E-state index contributed by atoms with van der Waals surface area (Å²) in [6, 6.07) is 14.2. The molecule has 130 valence electrons. The number of methoxy groups -OCH3 is 1. The van der Waals surface area contributed by atoms with Crippen LogP contribution in [0.3, 0.4) is 0 Å². The zero-order chi connectivity index (χ0) is 18.0. The van der Waals surface area contributed by atoms with Gasteiger partial charge in [-0.25, -0.2) is 4.79 Å². The monoisotopic (exact) mass is 356 g/mol. The second-order valence-corrected chi connectivity index (χ2v) is 7.15. The lowest BCUT2D eigenvalue weighted by Gasteiger charge is -2.17. The van der Waals surface area contributed by atoms with Crippen molar-refractivity contribution in [1.82, 2.24) is 9.55 Å². The van der Waals surface area contributed by atoms with Crippen molar-refractivity contribution in [3.63, 3.8) is 0 Å². The molecule has 0 amide bonds. The summed E-state index contributed by atoms with van der Waals surface area (Å²) in [6.45, 7) is 3.97. The van der Waals surface area contributed by atoms with E-state index < -0.39 is 5.69 Å². The van der Waals surface area contributed by atoms with Crippen molar-refractivity contribution in [3.8, 4) is 0 Å². The average molecular weight is 356 g/mol. The number of hydrogen-bond donors (Lipinski definition) is 1. The smallest absolute Gasteiger partial charge is 0.331 e. The van der Waals surface area contributed by atoms with Crippen LogP contribution in [0.1, 0.15) is 25.3 Å². The summed E-state index contributed by atoms with van der Waals surface area (Å²) in [7, 11) is 1.52. The molecule has 0 fully saturated rings. The number of fused-ring (bicyclic) bond motifs is 1. The molecule has 0 unspecified atom stereocenters. The highest BCUT2D eigenvalue weighted by atomic mass is 32.2. The number of nitrogens with one attached hydrogen (secondary N) is 1. The zero-order valence-corrected chi connectivity index (χ0v) is 15.2. The second kappa shape index (κ2) is 7.29. The number of ether oxygens (including phenoxy) is 1. The van der Waals surface area contributed by atoms with E-state index in [1.807, 2.05) is 44.2 Å². The minimum Gasteiger partial charge on any atom is -0.364 e. The highest BCUT2D eigenvalue weighted by molar-refractivity contribution is 7.99. The van der Waals surface area contributed by atoms with Crippen molar-refractivity contribution < 1.29 is 4.74 Å². The molecule has 3 rings (SSSR count). The molecule has 0 saturated carbocycles. The molecular formula is C19H20N2O3S. The molecule has 2 aromatic carbocycles. The van der Waals surface area contributed by atoms with Crippen LogP contribution in [0.5, 0.6) is 0 Å². The van der Waals surface area contributed by atoms with Gasteiger partial charge in [0.1, 0.15) is 6.73 Å². The van der Waals surface area contributed by atoms with Crippen LogP contribution in [0, 0.1) is 0 Å². The maximum Gasteiger partial charge on any atom is 0.331 e. The molecule has 25 heavy (non-hydrogen) atoms. The largest absolute Gasteiger partial charge is 0.364 e. The first-order chi connectivity index (χ1) is 12.0. The van der Waals surface area contributed by atoms with Crippen LogP contribution in [-0.4, -0.2) is 16.7 Å². The van der Waals surface area contributed by atoms with Crippen LogP contribution in [-0.2, 0) is 11.5 Å². The highest BCUT2D eigenvalue weighted by Crippen LogP contribution is 2.33. The van der Waals surface area contributed by atoms with Gasteiger partial charge in [-0.15, -0.1) is 0 Å². The molecule has 0 atom stereocenters. The fourth-order valence-corrected chi connectivity index (χ4v) is 4.00. The lowest BCUT2D eigenvalue weighted by atomic mass is 10.1. The molecule has 0 spiro atoms. The lowest BCUT2D eigenvalue weighted by Crippen LogP contribution is -2.34. The van der Waals surface area contributed by atoms with E-state index in [1.165, 1.54) is 23.4 Å². The average Bonchev–Trinajstić information content (AvgIpc) is 2.57. The third-order valence-corrected chi connectivity index (χ3v) is 5.08. The van der Waals surface area contributed by atoms with Gasteiger partial charge in [0.05, 0.1) is 10.6 Å². The fraction of sp³-hybridized carbons (Fsp3) is 0.263. The Morgan fingerprint density at radius 3 is 2.52 bits per heavy atom. The molecule has 0 aliphatic carbocycles. The minimum atomic E-state index is -0.459. The molecule has 5 nitrogen and oxygen atoms in total. The van der Waals surface area contributed by atoms with E-state index in [1.54, 1.807) is 0 Å². The van der Waals surface area contributed by atoms with Crippen LogP contribution >= 0.6 is 11.8 Å². The van der Waals surface area contributed by atoms with Crippen LogP contribution < -0.4 is 11.2 Å². The van der Waals surface area contributed by atoms with Crippen molar-refractivity contribution in [2.24, 2.45) is 0 Å². The summed E-state index contributed by atoms with van der Waals surface area (Å²) in [5.74, 6) is -0.0181. The van der Waals surface area contributed by atoms with E-state index in [0.717, 1.165) is 15.7 Å². The lowest BCUT2D eigenvalue weighted by molar-refractivity contribution is 0.119. The van der Waals surface area contributed by atoms with Crippen molar-refractivity contribution in [1.29, 1.82) is 0 Å². The summed E-state index contributed by atoms with van der Waals surface area (Å²) in [6.07, 6.45) is 0. The van der Waals surface area contributed by atoms with Crippen molar-refractivity contribution in [2.75, 3.05) is 7.11 Å². The molecular weight excluding hydrogens is 336 g/mol. The van der Waals surface area contributed by atoms with Gasteiger partial charge in [-0.2, -0.15) is 0 Å². The first-order valence-electron chi connectivity index (χ1n) is 8.04. The number of rotatable bonds is 5. The third-order valence-electron chi connectivity index (χ3n) is 3.96. The summed E-state index contributed by atoms with van der Waals surface area (Å²) >= 11 is 1.42. The third kappa shape index (κ3) is 3.55. The molecule has 6 heteroatoms. The van der Waals surface area contributed by atoms with E-state index in [4.69, 9.17) is 4.74 Å². The van der Waals surface area contributed by atoms with Gasteiger partial charge in [0, 0.05) is 12.0 Å². The topological polar surface area (TPSA) is 64.1 Å². The Morgan fingerprint density at radius 1 is 1.12 bits per heavy atom. The van der Waals surface area contributed by atoms with E-state index >= 15 is 0 Å². The molecule has 1 N–H and O–H groups in total. The molecule has 3 aromatic rings. The Hall–Kier alpha value is -2.31. The van der Waals surface area contributed by atoms with Gasteiger partial charge in [0.15, 0.2) is 0 Å². The fourth-order valence-electron chi connectivity index (χ4n) is 2.77. The van der Waals surface area contributed by atoms with Crippen LogP contribution in [0.15, 0.2) is 62.0 Å². The normalized spacial score (nSPS) is 11.4. The summed E-state index contributed by atoms with van der Waals surface area (Å²) in [5, 5.41) is 2.89. The Balaban J connectivity index is 2.16. The summed E-state index contributed by atoms with van der Waals surface area (Å²) < 4.78 is 6.63. The Labute approximate surface area is 149 Å². The first kappa shape index (κ1) is 17.5. The Bertz CT molecular complexity index is 1020. The minimum absolute atomic E-state index is 0.0181. The maximum absolute atomic E-state index is 12.3. The number of aromatic amines is 1. The maximum atomic E-state index is 12.3. The number of hydrogen-bond acceptors (Lipinski definition) is 4. The Morgan fingerprint density at radius 2 is 1.84 bits per heavy atom. The highest BCUT2D eigenvalue weighted by Gasteiger charge is 2.19. The predicted octanol–water partition coefficient (Wildman–Crippen LogP) is 3.57. The molecule has 0 saturated heterocycles. The predicted molar refractivity (Wildman–Crippen MR) is 100 cm³/mol. The van der Waals surface area contributed by atoms with Crippen LogP contribution in [0.4, 0.5) is 0 Å². The Kier molecular flexibility index (Phi) is 5.11. The van der Waals surface area contributed by atoms with Gasteiger partial charge >= 0.3 is 5.69 Å². The van der Waals surface area contributed by atoms with Crippen molar-refractivity contribution >= 4 is 22.5 Å². The zero-order valence-electron chi connectivity index (χ0n) is 14.4.